The molecular formula is C39H52O4. The Bertz CT molecular complexity index is 1150. The quantitative estimate of drug-likeness (QED) is 0.0632. The maximum atomic E-state index is 12.6. The normalized spacial score (nSPS) is 10.8. The van der Waals surface area contributed by atoms with E-state index in [0.717, 1.165) is 42.9 Å². The Hall–Kier alpha value is -3.53. The van der Waals surface area contributed by atoms with Crippen molar-refractivity contribution >= 4 is 12.0 Å². The molecule has 0 N–H and O–H groups in total. The molecule has 232 valence electrons. The van der Waals surface area contributed by atoms with Gasteiger partial charge in [-0.1, -0.05) is 114 Å². The number of unbranched alkanes of at least 4 members (excludes halogenated alkanes) is 12. The van der Waals surface area contributed by atoms with Crippen molar-refractivity contribution < 1.29 is 19.0 Å². The summed E-state index contributed by atoms with van der Waals surface area (Å²) >= 11 is 0. The third-order valence-electron chi connectivity index (χ3n) is 7.73. The third kappa shape index (κ3) is 14.5. The van der Waals surface area contributed by atoms with Crippen LogP contribution in [-0.2, 0) is 6.42 Å². The number of carbonyl (C=O) groups excluding carboxylic acids is 1. The minimum atomic E-state index is -0.345. The van der Waals surface area contributed by atoms with Gasteiger partial charge >= 0.3 is 5.97 Å². The first-order valence-corrected chi connectivity index (χ1v) is 16.6. The van der Waals surface area contributed by atoms with E-state index in [0.29, 0.717) is 17.9 Å². The molecule has 0 fully saturated rings. The van der Waals surface area contributed by atoms with E-state index in [9.17, 15) is 4.79 Å². The largest absolute Gasteiger partial charge is 0.494 e. The molecule has 4 heteroatoms. The molecular weight excluding hydrogens is 532 g/mol. The molecule has 0 atom stereocenters. The first kappa shape index (κ1) is 34.0. The van der Waals surface area contributed by atoms with E-state index in [4.69, 9.17) is 14.2 Å². The second-order valence-corrected chi connectivity index (χ2v) is 11.4. The first-order valence-electron chi connectivity index (χ1n) is 16.6. The zero-order chi connectivity index (χ0) is 30.4. The highest BCUT2D eigenvalue weighted by Gasteiger charge is 2.09. The molecule has 4 nitrogen and oxygen atoms in total. The van der Waals surface area contributed by atoms with Gasteiger partial charge in [0.25, 0.3) is 0 Å². The molecule has 3 rings (SSSR count). The van der Waals surface area contributed by atoms with Gasteiger partial charge < -0.3 is 14.2 Å². The van der Waals surface area contributed by atoms with Gasteiger partial charge in [-0.3, -0.25) is 0 Å². The minimum Gasteiger partial charge on any atom is -0.494 e. The fourth-order valence-electron chi connectivity index (χ4n) is 5.03. The third-order valence-corrected chi connectivity index (χ3v) is 7.73. The van der Waals surface area contributed by atoms with Gasteiger partial charge in [-0.25, -0.2) is 4.79 Å². The summed E-state index contributed by atoms with van der Waals surface area (Å²) in [4.78, 5) is 12.6. The Kier molecular flexibility index (Phi) is 16.7. The average Bonchev–Trinajstić information content (AvgIpc) is 3.04. The van der Waals surface area contributed by atoms with Crippen LogP contribution >= 0.6 is 0 Å². The summed E-state index contributed by atoms with van der Waals surface area (Å²) in [7, 11) is 0. The van der Waals surface area contributed by atoms with Gasteiger partial charge in [0.15, 0.2) is 0 Å². The van der Waals surface area contributed by atoms with Crippen molar-refractivity contribution in [3.63, 3.8) is 0 Å². The second-order valence-electron chi connectivity index (χ2n) is 11.4. The van der Waals surface area contributed by atoms with Crippen LogP contribution in [0.15, 0.2) is 79.4 Å². The number of carbonyl (C=O) groups is 1. The molecule has 0 aliphatic carbocycles. The van der Waals surface area contributed by atoms with Crippen LogP contribution in [0.1, 0.15) is 118 Å². The van der Waals surface area contributed by atoms with Gasteiger partial charge in [0.2, 0.25) is 0 Å². The number of esters is 1. The standard InChI is InChI=1S/C39H52O4/c1-3-5-6-12-15-18-34-21-27-38(28-22-34)43-39(40)35-23-29-37(30-24-35)42-32-17-14-11-9-7-8-10-13-16-31-41-36-25-19-33(4-2)20-26-36/h4,19-30H,2-3,5-18,31-32H2,1H3. The summed E-state index contributed by atoms with van der Waals surface area (Å²) in [5, 5.41) is 0. The highest BCUT2D eigenvalue weighted by atomic mass is 16.5. The van der Waals surface area contributed by atoms with Crippen molar-refractivity contribution in [3.8, 4) is 17.2 Å². The maximum Gasteiger partial charge on any atom is 0.343 e. The molecule has 0 aromatic heterocycles. The fraction of sp³-hybridized carbons (Fsp3) is 0.462. The molecule has 0 saturated heterocycles. The van der Waals surface area contributed by atoms with Crippen molar-refractivity contribution in [1.29, 1.82) is 0 Å². The highest BCUT2D eigenvalue weighted by molar-refractivity contribution is 5.91. The van der Waals surface area contributed by atoms with Crippen LogP contribution in [0.2, 0.25) is 0 Å². The Balaban J connectivity index is 1.16. The van der Waals surface area contributed by atoms with Gasteiger partial charge in [0.1, 0.15) is 17.2 Å². The lowest BCUT2D eigenvalue weighted by molar-refractivity contribution is 0.0734. The molecule has 0 bridgehead atoms. The highest BCUT2D eigenvalue weighted by Crippen LogP contribution is 2.19. The maximum absolute atomic E-state index is 12.6. The number of benzene rings is 3. The molecule has 3 aromatic rings. The lowest BCUT2D eigenvalue weighted by atomic mass is 10.1. The SMILES string of the molecule is C=Cc1ccc(OCCCCCCCCCCCOc2ccc(C(=O)Oc3ccc(CCCCCCC)cc3)cc2)cc1. The van der Waals surface area contributed by atoms with Crippen molar-refractivity contribution in [2.45, 2.75) is 103 Å². The minimum absolute atomic E-state index is 0.345. The van der Waals surface area contributed by atoms with E-state index >= 15 is 0 Å². The number of hydrogen-bond donors (Lipinski definition) is 0. The number of aryl methyl sites for hydroxylation is 1. The molecule has 0 aliphatic heterocycles. The van der Waals surface area contributed by atoms with Gasteiger partial charge in [-0.15, -0.1) is 0 Å². The Morgan fingerprint density at radius 1 is 0.581 bits per heavy atom. The fourth-order valence-corrected chi connectivity index (χ4v) is 5.03. The molecule has 0 radical (unpaired) electrons. The predicted octanol–water partition coefficient (Wildman–Crippen LogP) is 11.0. The summed E-state index contributed by atoms with van der Waals surface area (Å²) in [6.45, 7) is 7.50. The zero-order valence-electron chi connectivity index (χ0n) is 26.4. The molecule has 43 heavy (non-hydrogen) atoms. The van der Waals surface area contributed by atoms with Crippen molar-refractivity contribution in [2.75, 3.05) is 13.2 Å². The van der Waals surface area contributed by atoms with E-state index in [-0.39, 0.29) is 5.97 Å². The Morgan fingerprint density at radius 3 is 1.58 bits per heavy atom. The van der Waals surface area contributed by atoms with Gasteiger partial charge in [-0.2, -0.15) is 0 Å². The zero-order valence-corrected chi connectivity index (χ0v) is 26.4. The first-order chi connectivity index (χ1) is 21.2. The van der Waals surface area contributed by atoms with Gasteiger partial charge in [0, 0.05) is 0 Å². The molecule has 0 unspecified atom stereocenters. The summed E-state index contributed by atoms with van der Waals surface area (Å²) < 4.78 is 17.3. The predicted molar refractivity (Wildman–Crippen MR) is 179 cm³/mol. The van der Waals surface area contributed by atoms with Crippen LogP contribution in [0.25, 0.3) is 6.08 Å². The number of ether oxygens (including phenoxy) is 3. The summed E-state index contributed by atoms with van der Waals surface area (Å²) in [6, 6.07) is 23.2. The van der Waals surface area contributed by atoms with E-state index in [2.05, 4.69) is 25.6 Å². The molecule has 0 heterocycles. The van der Waals surface area contributed by atoms with Crippen LogP contribution < -0.4 is 14.2 Å². The topological polar surface area (TPSA) is 44.8 Å². The van der Waals surface area contributed by atoms with Crippen LogP contribution in [-0.4, -0.2) is 19.2 Å². The van der Waals surface area contributed by atoms with Gasteiger partial charge in [-0.05, 0) is 85.3 Å². The molecule has 0 amide bonds. The average molecular weight is 585 g/mol. The van der Waals surface area contributed by atoms with E-state index in [1.165, 1.54) is 82.6 Å². The van der Waals surface area contributed by atoms with Crippen molar-refractivity contribution in [2.24, 2.45) is 0 Å². The second kappa shape index (κ2) is 21.2. The Morgan fingerprint density at radius 2 is 1.05 bits per heavy atom. The molecule has 0 aliphatic rings. The Labute approximate surface area is 260 Å². The van der Waals surface area contributed by atoms with E-state index in [1.54, 1.807) is 12.1 Å². The lowest BCUT2D eigenvalue weighted by Gasteiger charge is -2.08. The molecule has 3 aromatic carbocycles. The number of hydrogen-bond acceptors (Lipinski definition) is 4. The van der Waals surface area contributed by atoms with E-state index in [1.807, 2.05) is 54.6 Å². The molecule has 0 saturated carbocycles. The van der Waals surface area contributed by atoms with Crippen LogP contribution in [0.3, 0.4) is 0 Å². The summed E-state index contributed by atoms with van der Waals surface area (Å²) in [6.07, 6.45) is 20.2. The molecule has 0 spiro atoms. The lowest BCUT2D eigenvalue weighted by Crippen LogP contribution is -2.08. The van der Waals surface area contributed by atoms with Crippen LogP contribution in [0.4, 0.5) is 0 Å². The van der Waals surface area contributed by atoms with Crippen LogP contribution in [0, 0.1) is 0 Å². The smallest absolute Gasteiger partial charge is 0.343 e. The number of rotatable bonds is 23. The monoisotopic (exact) mass is 584 g/mol. The van der Waals surface area contributed by atoms with Crippen LogP contribution in [0.5, 0.6) is 17.2 Å². The van der Waals surface area contributed by atoms with Crippen molar-refractivity contribution in [1.82, 2.24) is 0 Å². The van der Waals surface area contributed by atoms with Crippen molar-refractivity contribution in [3.05, 3.63) is 96.1 Å². The summed E-state index contributed by atoms with van der Waals surface area (Å²) in [5.41, 5.74) is 2.93. The van der Waals surface area contributed by atoms with Gasteiger partial charge in [0.05, 0.1) is 18.8 Å². The van der Waals surface area contributed by atoms with E-state index < -0.39 is 0 Å². The summed E-state index contributed by atoms with van der Waals surface area (Å²) in [5.74, 6) is 1.96.